The third kappa shape index (κ3) is 4.75. The second-order valence-corrected chi connectivity index (χ2v) is 6.78. The molecule has 142 valence electrons. The van der Waals surface area contributed by atoms with Gasteiger partial charge in [0.05, 0.1) is 12.2 Å². The molecule has 3 heterocycles. The van der Waals surface area contributed by atoms with Crippen LogP contribution in [0.25, 0.3) is 0 Å². The highest BCUT2D eigenvalue weighted by atomic mass is 16.6. The average Bonchev–Trinajstić information content (AvgIpc) is 2.70. The predicted octanol–water partition coefficient (Wildman–Crippen LogP) is 1.61. The molecule has 2 aliphatic rings. The summed E-state index contributed by atoms with van der Waals surface area (Å²) in [4.78, 5) is 21.3. The smallest absolute Gasteiger partial charge is 0.238 e. The van der Waals surface area contributed by atoms with Gasteiger partial charge in [0.15, 0.2) is 11.5 Å². The van der Waals surface area contributed by atoms with E-state index < -0.39 is 0 Å². The molecule has 2 aliphatic heterocycles. The van der Waals surface area contributed by atoms with Crippen molar-refractivity contribution in [3.8, 4) is 11.5 Å². The van der Waals surface area contributed by atoms with Crippen molar-refractivity contribution in [2.75, 3.05) is 51.3 Å². The van der Waals surface area contributed by atoms with E-state index in [0.29, 0.717) is 25.5 Å². The van der Waals surface area contributed by atoms with E-state index in [1.54, 1.807) is 0 Å². The van der Waals surface area contributed by atoms with Crippen molar-refractivity contribution >= 4 is 11.6 Å². The number of amides is 1. The lowest BCUT2D eigenvalue weighted by Gasteiger charge is -2.34. The van der Waals surface area contributed by atoms with Crippen LogP contribution in [0, 0.1) is 0 Å². The van der Waals surface area contributed by atoms with E-state index in [9.17, 15) is 4.79 Å². The summed E-state index contributed by atoms with van der Waals surface area (Å²) < 4.78 is 11.1. The molecule has 1 aromatic carbocycles. The van der Waals surface area contributed by atoms with E-state index in [0.717, 1.165) is 49.9 Å². The minimum Gasteiger partial charge on any atom is -0.486 e. The number of rotatable bonds is 5. The first-order valence-electron chi connectivity index (χ1n) is 9.30. The Hall–Kier alpha value is -2.64. The monoisotopic (exact) mass is 368 g/mol. The van der Waals surface area contributed by atoms with E-state index in [2.05, 4.69) is 20.1 Å². The molecular formula is C20H24N4O3. The van der Waals surface area contributed by atoms with Crippen molar-refractivity contribution in [2.45, 2.75) is 6.54 Å². The summed E-state index contributed by atoms with van der Waals surface area (Å²) in [5.41, 5.74) is 1.82. The van der Waals surface area contributed by atoms with Gasteiger partial charge in [0.2, 0.25) is 5.91 Å². The number of nitrogens with zero attached hydrogens (tertiary/aromatic N) is 3. The van der Waals surface area contributed by atoms with Gasteiger partial charge in [0, 0.05) is 50.7 Å². The zero-order valence-corrected chi connectivity index (χ0v) is 15.3. The molecule has 1 amide bonds. The maximum absolute atomic E-state index is 12.4. The topological polar surface area (TPSA) is 66.9 Å². The van der Waals surface area contributed by atoms with Gasteiger partial charge in [-0.3, -0.25) is 19.6 Å². The average molecular weight is 368 g/mol. The van der Waals surface area contributed by atoms with Crippen LogP contribution in [0.15, 0.2) is 42.6 Å². The van der Waals surface area contributed by atoms with Gasteiger partial charge in [0.1, 0.15) is 13.2 Å². The van der Waals surface area contributed by atoms with Crippen molar-refractivity contribution < 1.29 is 14.3 Å². The van der Waals surface area contributed by atoms with Crippen molar-refractivity contribution in [3.05, 3.63) is 48.3 Å². The molecule has 0 spiro atoms. The summed E-state index contributed by atoms with van der Waals surface area (Å²) in [6, 6.07) is 11.5. The summed E-state index contributed by atoms with van der Waals surface area (Å²) in [5.74, 6) is 1.40. The normalized spacial score (nSPS) is 17.5. The van der Waals surface area contributed by atoms with Gasteiger partial charge in [0.25, 0.3) is 0 Å². The number of hydrogen-bond donors (Lipinski definition) is 1. The number of carbonyl (C=O) groups is 1. The van der Waals surface area contributed by atoms with Crippen LogP contribution in [0.4, 0.5) is 5.69 Å². The first kappa shape index (κ1) is 17.8. The van der Waals surface area contributed by atoms with Gasteiger partial charge in [-0.2, -0.15) is 0 Å². The van der Waals surface area contributed by atoms with Crippen LogP contribution < -0.4 is 14.8 Å². The Morgan fingerprint density at radius 2 is 1.78 bits per heavy atom. The number of pyridine rings is 1. The molecule has 7 heteroatoms. The molecule has 0 aliphatic carbocycles. The van der Waals surface area contributed by atoms with Crippen LogP contribution >= 0.6 is 0 Å². The van der Waals surface area contributed by atoms with Crippen molar-refractivity contribution in [1.82, 2.24) is 14.8 Å². The number of anilines is 1. The molecule has 1 aromatic heterocycles. The van der Waals surface area contributed by atoms with E-state index in [4.69, 9.17) is 9.47 Å². The number of piperazine rings is 1. The molecule has 7 nitrogen and oxygen atoms in total. The molecule has 27 heavy (non-hydrogen) atoms. The number of aromatic nitrogens is 1. The highest BCUT2D eigenvalue weighted by Crippen LogP contribution is 2.32. The first-order chi connectivity index (χ1) is 13.3. The van der Waals surface area contributed by atoms with Crippen molar-refractivity contribution in [1.29, 1.82) is 0 Å². The third-order valence-corrected chi connectivity index (χ3v) is 4.77. The van der Waals surface area contributed by atoms with Crippen molar-refractivity contribution in [2.24, 2.45) is 0 Å². The second kappa shape index (κ2) is 8.37. The van der Waals surface area contributed by atoms with Crippen molar-refractivity contribution in [3.63, 3.8) is 0 Å². The number of ether oxygens (including phenoxy) is 2. The van der Waals surface area contributed by atoms with E-state index in [-0.39, 0.29) is 5.91 Å². The summed E-state index contributed by atoms with van der Waals surface area (Å²) in [7, 11) is 0. The lowest BCUT2D eigenvalue weighted by atomic mass is 10.2. The van der Waals surface area contributed by atoms with E-state index >= 15 is 0 Å². The quantitative estimate of drug-likeness (QED) is 0.865. The number of nitrogens with one attached hydrogen (secondary N) is 1. The molecular weight excluding hydrogens is 344 g/mol. The fraction of sp³-hybridized carbons (Fsp3) is 0.400. The Balaban J connectivity index is 1.24. The molecule has 1 saturated heterocycles. The Labute approximate surface area is 158 Å². The fourth-order valence-corrected chi connectivity index (χ4v) is 3.35. The summed E-state index contributed by atoms with van der Waals surface area (Å²) >= 11 is 0. The van der Waals surface area contributed by atoms with Gasteiger partial charge < -0.3 is 14.8 Å². The van der Waals surface area contributed by atoms with E-state index in [1.165, 1.54) is 0 Å². The molecule has 0 unspecified atom stereocenters. The maximum atomic E-state index is 12.4. The molecule has 2 aromatic rings. The summed E-state index contributed by atoms with van der Waals surface area (Å²) in [6.45, 7) is 5.98. The predicted molar refractivity (Wildman–Crippen MR) is 102 cm³/mol. The van der Waals surface area contributed by atoms with Gasteiger partial charge in [-0.25, -0.2) is 0 Å². The number of fused-ring (bicyclic) bond motifs is 1. The van der Waals surface area contributed by atoms with Gasteiger partial charge in [-0.1, -0.05) is 6.07 Å². The molecule has 1 N–H and O–H groups in total. The molecule has 4 rings (SSSR count). The zero-order chi connectivity index (χ0) is 18.5. The highest BCUT2D eigenvalue weighted by Gasteiger charge is 2.20. The third-order valence-electron chi connectivity index (χ3n) is 4.77. The lowest BCUT2D eigenvalue weighted by Crippen LogP contribution is -2.48. The molecule has 0 saturated carbocycles. The minimum absolute atomic E-state index is 0.00939. The minimum atomic E-state index is -0.00939. The molecule has 0 bridgehead atoms. The SMILES string of the molecule is O=C(CN1CCN(Cc2ccccn2)CC1)Nc1ccc2c(c1)OCCO2. The van der Waals surface area contributed by atoms with Crippen LogP contribution in [-0.2, 0) is 11.3 Å². The Morgan fingerprint density at radius 1 is 1.00 bits per heavy atom. The first-order valence-corrected chi connectivity index (χ1v) is 9.30. The Bertz CT molecular complexity index is 776. The van der Waals surface area contributed by atoms with Crippen LogP contribution in [0.5, 0.6) is 11.5 Å². The standard InChI is InChI=1S/C20H24N4O3/c25-20(22-16-4-5-18-19(13-16)27-12-11-26-18)15-24-9-7-23(8-10-24)14-17-3-1-2-6-21-17/h1-6,13H,7-12,14-15H2,(H,22,25). The van der Waals surface area contributed by atoms with Crippen LogP contribution in [0.1, 0.15) is 5.69 Å². The number of carbonyl (C=O) groups excluding carboxylic acids is 1. The lowest BCUT2D eigenvalue weighted by molar-refractivity contribution is -0.117. The van der Waals surface area contributed by atoms with Gasteiger partial charge in [-0.15, -0.1) is 0 Å². The molecule has 1 fully saturated rings. The highest BCUT2D eigenvalue weighted by molar-refractivity contribution is 5.92. The van der Waals surface area contributed by atoms with E-state index in [1.807, 2.05) is 42.6 Å². The van der Waals surface area contributed by atoms with Crippen LogP contribution in [-0.4, -0.2) is 66.6 Å². The van der Waals surface area contributed by atoms with Crippen LogP contribution in [0.2, 0.25) is 0 Å². The van der Waals surface area contributed by atoms with Crippen LogP contribution in [0.3, 0.4) is 0 Å². The summed E-state index contributed by atoms with van der Waals surface area (Å²) in [5, 5.41) is 2.95. The maximum Gasteiger partial charge on any atom is 0.238 e. The van der Waals surface area contributed by atoms with Gasteiger partial charge in [-0.05, 0) is 24.3 Å². The zero-order valence-electron chi connectivity index (χ0n) is 15.3. The number of hydrogen-bond acceptors (Lipinski definition) is 6. The molecule has 0 radical (unpaired) electrons. The summed E-state index contributed by atoms with van der Waals surface area (Å²) in [6.07, 6.45) is 1.83. The molecule has 0 atom stereocenters. The fourth-order valence-electron chi connectivity index (χ4n) is 3.35. The van der Waals surface area contributed by atoms with Gasteiger partial charge >= 0.3 is 0 Å². The second-order valence-electron chi connectivity index (χ2n) is 6.78. The largest absolute Gasteiger partial charge is 0.486 e. The Morgan fingerprint density at radius 3 is 2.56 bits per heavy atom. The number of benzene rings is 1. The Kier molecular flexibility index (Phi) is 5.50.